The minimum Gasteiger partial charge on any atom is -0.444 e. The second kappa shape index (κ2) is 10.0. The fourth-order valence-corrected chi connectivity index (χ4v) is 4.56. The maximum Gasteiger partial charge on any atom is 0.410 e. The van der Waals surface area contributed by atoms with Crippen LogP contribution in [0.15, 0.2) is 60.9 Å². The Morgan fingerprint density at radius 3 is 2.47 bits per heavy atom. The molecule has 1 aliphatic heterocycles. The predicted molar refractivity (Wildman–Crippen MR) is 146 cm³/mol. The van der Waals surface area contributed by atoms with Crippen LogP contribution in [-0.4, -0.2) is 44.3 Å². The number of carbonyl (C=O) groups excluding carboxylic acids is 1. The third-order valence-electron chi connectivity index (χ3n) is 6.45. The molecule has 5 rings (SSSR count). The topological polar surface area (TPSA) is 83.5 Å². The van der Waals surface area contributed by atoms with Gasteiger partial charge in [-0.2, -0.15) is 10.4 Å². The quantitative estimate of drug-likeness (QED) is 0.320. The first-order chi connectivity index (χ1) is 18.2. The van der Waals surface area contributed by atoms with E-state index in [1.807, 2.05) is 55.6 Å². The van der Waals surface area contributed by atoms with Crippen molar-refractivity contribution in [3.63, 3.8) is 0 Å². The van der Waals surface area contributed by atoms with Gasteiger partial charge in [0.1, 0.15) is 11.9 Å². The van der Waals surface area contributed by atoms with Crippen LogP contribution in [0, 0.1) is 36.0 Å². The molecule has 1 amide bonds. The SMILES string of the molecule is Cc1ccc(-c2c(-c3ccc(C#N)cc3)cc(C#CC3CCN(C(=O)OC(C)(C)C)C3)c3ncnn23)cc1. The van der Waals surface area contributed by atoms with E-state index in [-0.39, 0.29) is 12.0 Å². The maximum atomic E-state index is 12.5. The summed E-state index contributed by atoms with van der Waals surface area (Å²) in [6.45, 7) is 8.82. The second-order valence-corrected chi connectivity index (χ2v) is 10.6. The first-order valence-electron chi connectivity index (χ1n) is 12.7. The lowest BCUT2D eigenvalue weighted by Crippen LogP contribution is -2.35. The lowest BCUT2D eigenvalue weighted by Gasteiger charge is -2.24. The van der Waals surface area contributed by atoms with E-state index >= 15 is 0 Å². The Morgan fingerprint density at radius 2 is 1.79 bits per heavy atom. The summed E-state index contributed by atoms with van der Waals surface area (Å²) < 4.78 is 7.36. The highest BCUT2D eigenvalue weighted by Crippen LogP contribution is 2.34. The fraction of sp³-hybridized carbons (Fsp3) is 0.290. The van der Waals surface area contributed by atoms with Crippen molar-refractivity contribution in [3.05, 3.63) is 77.6 Å². The highest BCUT2D eigenvalue weighted by Gasteiger charge is 2.29. The minimum atomic E-state index is -0.527. The summed E-state index contributed by atoms with van der Waals surface area (Å²) in [5.41, 5.74) is 6.49. The molecule has 0 aliphatic carbocycles. The molecule has 0 radical (unpaired) electrons. The Kier molecular flexibility index (Phi) is 6.61. The summed E-state index contributed by atoms with van der Waals surface area (Å²) in [4.78, 5) is 18.7. The van der Waals surface area contributed by atoms with Crippen molar-refractivity contribution < 1.29 is 9.53 Å². The zero-order valence-corrected chi connectivity index (χ0v) is 22.0. The van der Waals surface area contributed by atoms with E-state index in [0.717, 1.165) is 34.4 Å². The molecule has 4 aromatic rings. The number of carbonyl (C=O) groups is 1. The lowest BCUT2D eigenvalue weighted by molar-refractivity contribution is 0.0291. The molecule has 0 saturated carbocycles. The third-order valence-corrected chi connectivity index (χ3v) is 6.45. The molecule has 2 aromatic heterocycles. The Bertz CT molecular complexity index is 1590. The Balaban J connectivity index is 1.55. The number of hydrogen-bond acceptors (Lipinski definition) is 5. The summed E-state index contributed by atoms with van der Waals surface area (Å²) in [6.07, 6.45) is 2.03. The molecule has 1 fully saturated rings. The van der Waals surface area contributed by atoms with Crippen molar-refractivity contribution in [2.75, 3.05) is 13.1 Å². The molecule has 1 aliphatic rings. The molecule has 1 saturated heterocycles. The molecule has 3 heterocycles. The normalized spacial score (nSPS) is 15.1. The second-order valence-electron chi connectivity index (χ2n) is 10.6. The Hall–Kier alpha value is -4.62. The molecular weight excluding hydrogens is 474 g/mol. The van der Waals surface area contributed by atoms with Gasteiger partial charge in [0, 0.05) is 30.1 Å². The Labute approximate surface area is 222 Å². The smallest absolute Gasteiger partial charge is 0.410 e. The molecule has 0 spiro atoms. The van der Waals surface area contributed by atoms with Crippen molar-refractivity contribution in [2.24, 2.45) is 5.92 Å². The molecular formula is C31H29N5O2. The molecule has 38 heavy (non-hydrogen) atoms. The molecule has 190 valence electrons. The van der Waals surface area contributed by atoms with Gasteiger partial charge in [-0.3, -0.25) is 0 Å². The van der Waals surface area contributed by atoms with E-state index in [4.69, 9.17) is 4.74 Å². The minimum absolute atomic E-state index is 0.0422. The summed E-state index contributed by atoms with van der Waals surface area (Å²) in [5, 5.41) is 13.8. The molecule has 0 bridgehead atoms. The standard InChI is InChI=1S/C31H29N5O2/c1-21-5-10-25(11-6-21)28-27(24-12-7-22(18-32)8-13-24)17-26(29-33-20-34-36(28)29)14-9-23-15-16-35(19-23)30(37)38-31(2,3)4/h5-8,10-13,17,20,23H,15-16,19H2,1-4H3. The number of hydrogen-bond donors (Lipinski definition) is 0. The predicted octanol–water partition coefficient (Wildman–Crippen LogP) is 5.85. The number of amides is 1. The fourth-order valence-electron chi connectivity index (χ4n) is 4.56. The van der Waals surface area contributed by atoms with Gasteiger partial charge in [0.15, 0.2) is 5.65 Å². The summed E-state index contributed by atoms with van der Waals surface area (Å²) in [6, 6.07) is 20.1. The average Bonchev–Trinajstić information content (AvgIpc) is 3.57. The number of likely N-dealkylation sites (tertiary alicyclic amines) is 1. The number of aryl methyl sites for hydroxylation is 1. The number of rotatable bonds is 2. The number of pyridine rings is 1. The van der Waals surface area contributed by atoms with Crippen molar-refractivity contribution in [3.8, 4) is 40.3 Å². The first kappa shape index (κ1) is 25.0. The lowest BCUT2D eigenvalue weighted by atomic mass is 9.96. The van der Waals surface area contributed by atoms with Gasteiger partial charge in [-0.05, 0) is 57.9 Å². The van der Waals surface area contributed by atoms with E-state index in [0.29, 0.717) is 24.3 Å². The van der Waals surface area contributed by atoms with Crippen LogP contribution in [-0.2, 0) is 4.74 Å². The first-order valence-corrected chi connectivity index (χ1v) is 12.7. The maximum absolute atomic E-state index is 12.5. The van der Waals surface area contributed by atoms with Crippen LogP contribution in [0.5, 0.6) is 0 Å². The van der Waals surface area contributed by atoms with Crippen LogP contribution < -0.4 is 0 Å². The van der Waals surface area contributed by atoms with E-state index in [1.165, 1.54) is 5.56 Å². The number of ether oxygens (including phenoxy) is 1. The van der Waals surface area contributed by atoms with Gasteiger partial charge in [-0.15, -0.1) is 0 Å². The zero-order valence-electron chi connectivity index (χ0n) is 22.0. The molecule has 7 heteroatoms. The molecule has 7 nitrogen and oxygen atoms in total. The van der Waals surface area contributed by atoms with Gasteiger partial charge in [0.2, 0.25) is 0 Å². The highest BCUT2D eigenvalue weighted by molar-refractivity contribution is 5.85. The number of fused-ring (bicyclic) bond motifs is 1. The van der Waals surface area contributed by atoms with E-state index in [1.54, 1.807) is 11.2 Å². The molecule has 1 atom stereocenters. The van der Waals surface area contributed by atoms with Gasteiger partial charge in [-0.1, -0.05) is 53.8 Å². The van der Waals surface area contributed by atoms with E-state index in [9.17, 15) is 10.1 Å². The summed E-state index contributed by atoms with van der Waals surface area (Å²) in [5.74, 6) is 6.75. The number of aromatic nitrogens is 3. The van der Waals surface area contributed by atoms with Crippen LogP contribution >= 0.6 is 0 Å². The number of nitriles is 1. The molecule has 1 unspecified atom stereocenters. The molecule has 2 aromatic carbocycles. The zero-order chi connectivity index (χ0) is 26.9. The van der Waals surface area contributed by atoms with Crippen LogP contribution in [0.1, 0.15) is 43.9 Å². The van der Waals surface area contributed by atoms with Crippen molar-refractivity contribution >= 4 is 11.7 Å². The van der Waals surface area contributed by atoms with Crippen LogP contribution in [0.25, 0.3) is 28.0 Å². The summed E-state index contributed by atoms with van der Waals surface area (Å²) >= 11 is 0. The van der Waals surface area contributed by atoms with Gasteiger partial charge >= 0.3 is 6.09 Å². The number of nitrogens with zero attached hydrogens (tertiary/aromatic N) is 5. The number of benzene rings is 2. The van der Waals surface area contributed by atoms with Crippen LogP contribution in [0.2, 0.25) is 0 Å². The Morgan fingerprint density at radius 1 is 1.08 bits per heavy atom. The largest absolute Gasteiger partial charge is 0.444 e. The van der Waals surface area contributed by atoms with Gasteiger partial charge in [0.05, 0.1) is 22.9 Å². The summed E-state index contributed by atoms with van der Waals surface area (Å²) in [7, 11) is 0. The van der Waals surface area contributed by atoms with E-state index in [2.05, 4.69) is 59.2 Å². The van der Waals surface area contributed by atoms with Gasteiger partial charge in [-0.25, -0.2) is 14.3 Å². The molecule has 0 N–H and O–H groups in total. The van der Waals surface area contributed by atoms with Crippen molar-refractivity contribution in [1.29, 1.82) is 5.26 Å². The highest BCUT2D eigenvalue weighted by atomic mass is 16.6. The van der Waals surface area contributed by atoms with Crippen LogP contribution in [0.3, 0.4) is 0 Å². The average molecular weight is 504 g/mol. The van der Waals surface area contributed by atoms with Crippen LogP contribution in [0.4, 0.5) is 4.79 Å². The van der Waals surface area contributed by atoms with Crippen molar-refractivity contribution in [1.82, 2.24) is 19.5 Å². The monoisotopic (exact) mass is 503 g/mol. The van der Waals surface area contributed by atoms with Gasteiger partial charge < -0.3 is 9.64 Å². The van der Waals surface area contributed by atoms with Crippen molar-refractivity contribution in [2.45, 2.75) is 39.7 Å². The van der Waals surface area contributed by atoms with Gasteiger partial charge in [0.25, 0.3) is 0 Å². The van der Waals surface area contributed by atoms with E-state index < -0.39 is 5.60 Å². The third kappa shape index (κ3) is 5.23.